The highest BCUT2D eigenvalue weighted by molar-refractivity contribution is 7.99. The summed E-state index contributed by atoms with van der Waals surface area (Å²) in [5.41, 5.74) is 2.71. The van der Waals surface area contributed by atoms with Crippen molar-refractivity contribution in [3.63, 3.8) is 0 Å². The molecule has 132 valence electrons. The average molecular weight is 354 g/mol. The van der Waals surface area contributed by atoms with Gasteiger partial charge in [-0.25, -0.2) is 0 Å². The van der Waals surface area contributed by atoms with Gasteiger partial charge in [0.2, 0.25) is 0 Å². The summed E-state index contributed by atoms with van der Waals surface area (Å²) in [5, 5.41) is 0. The zero-order valence-electron chi connectivity index (χ0n) is 15.0. The lowest BCUT2D eigenvalue weighted by molar-refractivity contribution is 0.135. The van der Waals surface area contributed by atoms with Crippen LogP contribution in [0.2, 0.25) is 0 Å². The Morgan fingerprint density at radius 3 is 1.80 bits per heavy atom. The van der Waals surface area contributed by atoms with Crippen LogP contribution in [0.15, 0.2) is 58.3 Å². The molecule has 1 fully saturated rings. The van der Waals surface area contributed by atoms with Crippen LogP contribution in [-0.2, 0) is 0 Å². The van der Waals surface area contributed by atoms with E-state index in [9.17, 15) is 0 Å². The Morgan fingerprint density at radius 1 is 0.720 bits per heavy atom. The molecule has 2 heterocycles. The summed E-state index contributed by atoms with van der Waals surface area (Å²) in [6.45, 7) is 10.6. The van der Waals surface area contributed by atoms with Crippen LogP contribution in [0.1, 0.15) is 13.3 Å². The number of rotatable bonds is 5. The van der Waals surface area contributed by atoms with Gasteiger partial charge in [-0.3, -0.25) is 4.90 Å². The molecule has 2 aromatic carbocycles. The number of nitrogens with zero attached hydrogens (tertiary/aromatic N) is 3. The van der Waals surface area contributed by atoms with Gasteiger partial charge in [0, 0.05) is 49.1 Å². The largest absolute Gasteiger partial charge is 0.338 e. The fourth-order valence-electron chi connectivity index (χ4n) is 3.82. The SMILES string of the molecule is CCCN1CCN(CCN2c3ccccc3Sc3ccccc32)CC1. The minimum Gasteiger partial charge on any atom is -0.338 e. The minimum absolute atomic E-state index is 1.06. The van der Waals surface area contributed by atoms with E-state index in [2.05, 4.69) is 70.2 Å². The number of para-hydroxylation sites is 2. The second-order valence-electron chi connectivity index (χ2n) is 6.87. The molecule has 0 amide bonds. The predicted molar refractivity (Wildman–Crippen MR) is 107 cm³/mol. The molecule has 2 aromatic rings. The fourth-order valence-corrected chi connectivity index (χ4v) is 4.91. The Bertz CT molecular complexity index is 664. The molecular formula is C21H27N3S. The Kier molecular flexibility index (Phi) is 5.30. The number of fused-ring (bicyclic) bond motifs is 2. The third-order valence-electron chi connectivity index (χ3n) is 5.18. The lowest BCUT2D eigenvalue weighted by Crippen LogP contribution is -2.48. The molecule has 0 radical (unpaired) electrons. The second-order valence-corrected chi connectivity index (χ2v) is 7.96. The second kappa shape index (κ2) is 7.81. The zero-order chi connectivity index (χ0) is 17.1. The molecule has 0 unspecified atom stereocenters. The number of hydrogen-bond donors (Lipinski definition) is 0. The monoisotopic (exact) mass is 353 g/mol. The van der Waals surface area contributed by atoms with Gasteiger partial charge in [-0.2, -0.15) is 0 Å². The summed E-state index contributed by atoms with van der Waals surface area (Å²) in [4.78, 5) is 10.5. The molecule has 2 aliphatic rings. The summed E-state index contributed by atoms with van der Waals surface area (Å²) in [6.07, 6.45) is 1.26. The van der Waals surface area contributed by atoms with Crippen LogP contribution in [-0.4, -0.2) is 55.6 Å². The Morgan fingerprint density at radius 2 is 1.24 bits per heavy atom. The molecule has 4 rings (SSSR count). The van der Waals surface area contributed by atoms with Crippen molar-refractivity contribution in [1.82, 2.24) is 9.80 Å². The van der Waals surface area contributed by atoms with E-state index in [1.54, 1.807) is 0 Å². The van der Waals surface area contributed by atoms with Gasteiger partial charge < -0.3 is 9.80 Å². The van der Waals surface area contributed by atoms with E-state index in [0.29, 0.717) is 0 Å². The number of benzene rings is 2. The highest BCUT2D eigenvalue weighted by Crippen LogP contribution is 2.47. The average Bonchev–Trinajstić information content (AvgIpc) is 2.66. The molecule has 0 bridgehead atoms. The van der Waals surface area contributed by atoms with Crippen LogP contribution in [0.25, 0.3) is 0 Å². The van der Waals surface area contributed by atoms with Gasteiger partial charge in [0.25, 0.3) is 0 Å². The van der Waals surface area contributed by atoms with Crippen molar-refractivity contribution < 1.29 is 0 Å². The topological polar surface area (TPSA) is 9.72 Å². The van der Waals surface area contributed by atoms with Gasteiger partial charge in [-0.1, -0.05) is 43.0 Å². The van der Waals surface area contributed by atoms with Crippen molar-refractivity contribution in [2.24, 2.45) is 0 Å². The Labute approximate surface area is 155 Å². The molecule has 0 aromatic heterocycles. The molecular weight excluding hydrogens is 326 g/mol. The van der Waals surface area contributed by atoms with Crippen molar-refractivity contribution in [2.45, 2.75) is 23.1 Å². The molecule has 0 atom stereocenters. The quantitative estimate of drug-likeness (QED) is 0.792. The lowest BCUT2D eigenvalue weighted by atomic mass is 10.2. The highest BCUT2D eigenvalue weighted by Gasteiger charge is 2.24. The van der Waals surface area contributed by atoms with E-state index in [1.807, 2.05) is 11.8 Å². The van der Waals surface area contributed by atoms with Crippen molar-refractivity contribution >= 4 is 23.1 Å². The third kappa shape index (κ3) is 3.71. The molecule has 4 heteroatoms. The van der Waals surface area contributed by atoms with Crippen LogP contribution in [0.5, 0.6) is 0 Å². The maximum Gasteiger partial charge on any atom is 0.0553 e. The Balaban J connectivity index is 1.46. The summed E-state index contributed by atoms with van der Waals surface area (Å²) >= 11 is 1.89. The zero-order valence-corrected chi connectivity index (χ0v) is 15.8. The molecule has 0 spiro atoms. The summed E-state index contributed by atoms with van der Waals surface area (Å²) in [6, 6.07) is 17.6. The van der Waals surface area contributed by atoms with E-state index in [0.717, 1.165) is 13.1 Å². The van der Waals surface area contributed by atoms with E-state index < -0.39 is 0 Å². The first kappa shape index (κ1) is 17.0. The summed E-state index contributed by atoms with van der Waals surface area (Å²) in [7, 11) is 0. The minimum atomic E-state index is 1.06. The van der Waals surface area contributed by atoms with Crippen molar-refractivity contribution in [3.05, 3.63) is 48.5 Å². The lowest BCUT2D eigenvalue weighted by Gasteiger charge is -2.37. The van der Waals surface area contributed by atoms with Crippen molar-refractivity contribution in [2.75, 3.05) is 50.7 Å². The molecule has 3 nitrogen and oxygen atoms in total. The van der Waals surface area contributed by atoms with Gasteiger partial charge in [-0.05, 0) is 37.2 Å². The number of piperazine rings is 1. The van der Waals surface area contributed by atoms with Crippen LogP contribution in [0.3, 0.4) is 0 Å². The molecule has 0 N–H and O–H groups in total. The van der Waals surface area contributed by atoms with Gasteiger partial charge in [0.15, 0.2) is 0 Å². The molecule has 25 heavy (non-hydrogen) atoms. The van der Waals surface area contributed by atoms with Crippen LogP contribution in [0, 0.1) is 0 Å². The Hall–Kier alpha value is -1.49. The van der Waals surface area contributed by atoms with Gasteiger partial charge in [-0.15, -0.1) is 0 Å². The third-order valence-corrected chi connectivity index (χ3v) is 6.31. The molecule has 0 saturated carbocycles. The normalized spacial score (nSPS) is 18.0. The first-order valence-electron chi connectivity index (χ1n) is 9.43. The highest BCUT2D eigenvalue weighted by atomic mass is 32.2. The van der Waals surface area contributed by atoms with Gasteiger partial charge in [0.05, 0.1) is 11.4 Å². The smallest absolute Gasteiger partial charge is 0.0553 e. The number of anilines is 2. The standard InChI is InChI=1S/C21H27N3S/c1-2-11-22-12-14-23(15-13-22)16-17-24-18-7-3-5-9-20(18)25-21-10-6-4-8-19(21)24/h3-10H,2,11-17H2,1H3. The van der Waals surface area contributed by atoms with Crippen molar-refractivity contribution in [3.8, 4) is 0 Å². The van der Waals surface area contributed by atoms with Crippen molar-refractivity contribution in [1.29, 1.82) is 0 Å². The number of hydrogen-bond acceptors (Lipinski definition) is 4. The summed E-state index contributed by atoms with van der Waals surface area (Å²) < 4.78 is 0. The van der Waals surface area contributed by atoms with E-state index in [-0.39, 0.29) is 0 Å². The first-order chi connectivity index (χ1) is 12.3. The molecule has 1 saturated heterocycles. The van der Waals surface area contributed by atoms with Gasteiger partial charge in [0.1, 0.15) is 0 Å². The first-order valence-corrected chi connectivity index (χ1v) is 10.2. The van der Waals surface area contributed by atoms with Crippen LogP contribution < -0.4 is 4.90 Å². The molecule has 2 aliphatic heterocycles. The maximum atomic E-state index is 2.62. The fraction of sp³-hybridized carbons (Fsp3) is 0.429. The summed E-state index contributed by atoms with van der Waals surface area (Å²) in [5.74, 6) is 0. The molecule has 0 aliphatic carbocycles. The maximum absolute atomic E-state index is 2.62. The van der Waals surface area contributed by atoms with E-state index in [1.165, 1.54) is 60.3 Å². The van der Waals surface area contributed by atoms with E-state index >= 15 is 0 Å². The van der Waals surface area contributed by atoms with Crippen LogP contribution >= 0.6 is 11.8 Å². The predicted octanol–water partition coefficient (Wildman–Crippen LogP) is 4.32. The van der Waals surface area contributed by atoms with Gasteiger partial charge >= 0.3 is 0 Å². The van der Waals surface area contributed by atoms with E-state index in [4.69, 9.17) is 0 Å². The van der Waals surface area contributed by atoms with Crippen LogP contribution in [0.4, 0.5) is 11.4 Å².